The minimum Gasteiger partial charge on any atom is -0.496 e. The Bertz CT molecular complexity index is 1200. The monoisotopic (exact) mass is 460 g/mol. The van der Waals surface area contributed by atoms with Crippen LogP contribution in [0.15, 0.2) is 46.0 Å². The summed E-state index contributed by atoms with van der Waals surface area (Å²) >= 11 is 0. The van der Waals surface area contributed by atoms with Crippen LogP contribution in [-0.2, 0) is 0 Å². The molecule has 9 heteroatoms. The number of aliphatic imine (C=N–C) groups is 2. The van der Waals surface area contributed by atoms with Crippen LogP contribution in [0.1, 0.15) is 65.1 Å². The number of rotatable bonds is 6. The molecule has 2 heterocycles. The van der Waals surface area contributed by atoms with E-state index < -0.39 is 5.91 Å². The van der Waals surface area contributed by atoms with Crippen LogP contribution < -0.4 is 15.4 Å². The molecule has 2 aliphatic rings. The third-order valence-corrected chi connectivity index (χ3v) is 5.64. The lowest BCUT2D eigenvalue weighted by Crippen LogP contribution is -2.23. The van der Waals surface area contributed by atoms with E-state index in [9.17, 15) is 9.59 Å². The van der Waals surface area contributed by atoms with Gasteiger partial charge in [-0.1, -0.05) is 11.6 Å². The first kappa shape index (κ1) is 23.3. The van der Waals surface area contributed by atoms with Crippen molar-refractivity contribution >= 4 is 35.2 Å². The van der Waals surface area contributed by atoms with Crippen molar-refractivity contribution in [3.8, 4) is 5.75 Å². The van der Waals surface area contributed by atoms with E-state index in [0.717, 1.165) is 37.9 Å². The number of nitrogens with one attached hydrogen (secondary N) is 2. The fourth-order valence-electron chi connectivity index (χ4n) is 3.71. The number of hydrogen-bond donors (Lipinski definition) is 2. The molecule has 0 radical (unpaired) electrons. The minimum absolute atomic E-state index is 0.101. The van der Waals surface area contributed by atoms with Crippen LogP contribution in [0.3, 0.4) is 0 Å². The normalized spacial score (nSPS) is 16.9. The molecule has 34 heavy (non-hydrogen) atoms. The second-order valence-electron chi connectivity index (χ2n) is 8.32. The molecule has 0 bridgehead atoms. The third kappa shape index (κ3) is 5.36. The highest BCUT2D eigenvalue weighted by molar-refractivity contribution is 6.36. The number of nitrogens with zero attached hydrogens (tertiary/aromatic N) is 4. The Balaban J connectivity index is 1.74. The summed E-state index contributed by atoms with van der Waals surface area (Å²) in [7, 11) is 2.99. The molecule has 1 aliphatic heterocycles. The Morgan fingerprint density at radius 2 is 2.03 bits per heavy atom. The van der Waals surface area contributed by atoms with Gasteiger partial charge in [0.25, 0.3) is 11.8 Å². The SMILES string of the molecule is CNC(=O)c1c(NC(=O)c2nc(C3CC3)cnc2N=C2C=NCCCC(C)=C2)cccc1OC. The van der Waals surface area contributed by atoms with Gasteiger partial charge >= 0.3 is 0 Å². The first-order chi connectivity index (χ1) is 16.5. The van der Waals surface area contributed by atoms with Crippen molar-refractivity contribution < 1.29 is 14.3 Å². The molecule has 1 saturated carbocycles. The van der Waals surface area contributed by atoms with Gasteiger partial charge in [0.1, 0.15) is 11.3 Å². The zero-order valence-electron chi connectivity index (χ0n) is 19.6. The fourth-order valence-corrected chi connectivity index (χ4v) is 3.71. The Morgan fingerprint density at radius 3 is 2.76 bits per heavy atom. The number of amides is 2. The lowest BCUT2D eigenvalue weighted by molar-refractivity contribution is 0.0961. The van der Waals surface area contributed by atoms with Crippen molar-refractivity contribution in [3.63, 3.8) is 0 Å². The maximum Gasteiger partial charge on any atom is 0.278 e. The fraction of sp³-hybridized carbons (Fsp3) is 0.360. The number of allylic oxidation sites excluding steroid dienone is 2. The van der Waals surface area contributed by atoms with Gasteiger partial charge in [0.15, 0.2) is 11.5 Å². The molecular weight excluding hydrogens is 432 g/mol. The van der Waals surface area contributed by atoms with E-state index in [1.807, 2.05) is 13.0 Å². The topological polar surface area (TPSA) is 118 Å². The number of carbonyl (C=O) groups excluding carboxylic acids is 2. The average molecular weight is 461 g/mol. The van der Waals surface area contributed by atoms with Gasteiger partial charge in [-0.05, 0) is 50.8 Å². The molecule has 2 aromatic rings. The highest BCUT2D eigenvalue weighted by atomic mass is 16.5. The van der Waals surface area contributed by atoms with E-state index in [1.54, 1.807) is 30.6 Å². The zero-order valence-corrected chi connectivity index (χ0v) is 19.6. The molecule has 0 atom stereocenters. The van der Waals surface area contributed by atoms with Gasteiger partial charge in [0, 0.05) is 25.7 Å². The van der Waals surface area contributed by atoms with Crippen LogP contribution in [-0.4, -0.2) is 54.4 Å². The van der Waals surface area contributed by atoms with Crippen molar-refractivity contribution in [1.82, 2.24) is 15.3 Å². The number of hydrogen-bond acceptors (Lipinski definition) is 7. The summed E-state index contributed by atoms with van der Waals surface area (Å²) < 4.78 is 5.33. The molecule has 1 aliphatic carbocycles. The highest BCUT2D eigenvalue weighted by Gasteiger charge is 2.28. The van der Waals surface area contributed by atoms with Gasteiger partial charge in [0.2, 0.25) is 0 Å². The summed E-state index contributed by atoms with van der Waals surface area (Å²) in [5, 5.41) is 5.39. The van der Waals surface area contributed by atoms with Crippen LogP contribution in [0.25, 0.3) is 0 Å². The van der Waals surface area contributed by atoms with Gasteiger partial charge < -0.3 is 15.4 Å². The molecule has 0 unspecified atom stereocenters. The lowest BCUT2D eigenvalue weighted by Gasteiger charge is -2.14. The van der Waals surface area contributed by atoms with E-state index >= 15 is 0 Å². The maximum absolute atomic E-state index is 13.4. The van der Waals surface area contributed by atoms with Crippen LogP contribution in [0.4, 0.5) is 11.5 Å². The van der Waals surface area contributed by atoms with Crippen LogP contribution >= 0.6 is 0 Å². The second kappa shape index (κ2) is 10.4. The van der Waals surface area contributed by atoms with E-state index in [-0.39, 0.29) is 23.0 Å². The Morgan fingerprint density at radius 1 is 1.21 bits per heavy atom. The molecule has 0 saturated heterocycles. The van der Waals surface area contributed by atoms with Crippen LogP contribution in [0.2, 0.25) is 0 Å². The summed E-state index contributed by atoms with van der Waals surface area (Å²) in [6.45, 7) is 2.77. The Hall–Kier alpha value is -3.88. The van der Waals surface area contributed by atoms with Crippen molar-refractivity contribution in [3.05, 3.63) is 53.0 Å². The summed E-state index contributed by atoms with van der Waals surface area (Å²) in [5.41, 5.74) is 3.21. The highest BCUT2D eigenvalue weighted by Crippen LogP contribution is 2.39. The van der Waals surface area contributed by atoms with Gasteiger partial charge in [-0.2, -0.15) is 0 Å². The molecular formula is C25H28N6O3. The summed E-state index contributed by atoms with van der Waals surface area (Å²) in [4.78, 5) is 44.0. The van der Waals surface area contributed by atoms with Crippen molar-refractivity contribution in [2.24, 2.45) is 9.98 Å². The number of ether oxygens (including phenoxy) is 1. The van der Waals surface area contributed by atoms with E-state index in [2.05, 4.69) is 30.6 Å². The van der Waals surface area contributed by atoms with Gasteiger partial charge in [-0.25, -0.2) is 15.0 Å². The second-order valence-corrected chi connectivity index (χ2v) is 8.32. The number of aromatic nitrogens is 2. The molecule has 176 valence electrons. The first-order valence-corrected chi connectivity index (χ1v) is 11.3. The lowest BCUT2D eigenvalue weighted by atomic mass is 10.1. The molecule has 1 fully saturated rings. The summed E-state index contributed by atoms with van der Waals surface area (Å²) in [6.07, 6.45) is 9.31. The van der Waals surface area contributed by atoms with Crippen molar-refractivity contribution in [1.29, 1.82) is 0 Å². The van der Waals surface area contributed by atoms with Crippen LogP contribution in [0.5, 0.6) is 5.75 Å². The molecule has 2 N–H and O–H groups in total. The van der Waals surface area contributed by atoms with Gasteiger partial charge in [-0.3, -0.25) is 14.6 Å². The zero-order chi connectivity index (χ0) is 24.1. The molecule has 1 aromatic heterocycles. The first-order valence-electron chi connectivity index (χ1n) is 11.3. The van der Waals surface area contributed by atoms with Crippen molar-refractivity contribution in [2.45, 2.75) is 38.5 Å². The number of benzene rings is 1. The largest absolute Gasteiger partial charge is 0.496 e. The average Bonchev–Trinajstić information content (AvgIpc) is 3.67. The predicted octanol–water partition coefficient (Wildman–Crippen LogP) is 3.86. The molecule has 9 nitrogen and oxygen atoms in total. The smallest absolute Gasteiger partial charge is 0.278 e. The Kier molecular flexibility index (Phi) is 7.10. The Labute approximate surface area is 198 Å². The number of anilines is 1. The summed E-state index contributed by atoms with van der Waals surface area (Å²) in [5.74, 6) is -0.0168. The number of methoxy groups -OCH3 is 1. The predicted molar refractivity (Wildman–Crippen MR) is 132 cm³/mol. The standard InChI is InChI=1S/C25H28N6O3/c1-15-6-5-11-27-13-17(12-15)29-23-22(30-19(14-28-23)16-9-10-16)25(33)31-18-7-4-8-20(34-3)21(18)24(32)26-2/h4,7-8,12-14,16H,5-6,9-11H2,1-3H3,(H,26,32)(H,31,33). The van der Waals surface area contributed by atoms with Crippen molar-refractivity contribution in [2.75, 3.05) is 26.0 Å². The minimum atomic E-state index is -0.503. The van der Waals surface area contributed by atoms with Gasteiger partial charge in [-0.15, -0.1) is 0 Å². The molecule has 1 aromatic carbocycles. The van der Waals surface area contributed by atoms with E-state index in [4.69, 9.17) is 4.74 Å². The van der Waals surface area contributed by atoms with Crippen LogP contribution in [0, 0.1) is 0 Å². The third-order valence-electron chi connectivity index (χ3n) is 5.64. The van der Waals surface area contributed by atoms with Gasteiger partial charge in [0.05, 0.1) is 30.4 Å². The molecule has 2 amide bonds. The van der Waals surface area contributed by atoms with E-state index in [1.165, 1.54) is 19.7 Å². The molecule has 4 rings (SSSR count). The number of carbonyl (C=O) groups is 2. The quantitative estimate of drug-likeness (QED) is 0.679. The maximum atomic E-state index is 13.4. The molecule has 0 spiro atoms. The summed E-state index contributed by atoms with van der Waals surface area (Å²) in [6, 6.07) is 5.00. The van der Waals surface area contributed by atoms with E-state index in [0.29, 0.717) is 23.1 Å².